The van der Waals surface area contributed by atoms with Gasteiger partial charge in [-0.1, -0.05) is 30.3 Å². The molecule has 1 unspecified atom stereocenters. The second-order valence-corrected chi connectivity index (χ2v) is 9.54. The number of para-hydroxylation sites is 1. The third kappa shape index (κ3) is 3.87. The van der Waals surface area contributed by atoms with Crippen LogP contribution in [0.2, 0.25) is 0 Å². The fraction of sp³-hybridized carbons (Fsp3) is 0.200. The molecule has 3 heterocycles. The molecule has 3 aromatic carbocycles. The number of aliphatic hydroxyl groups excluding tert-OH is 1. The van der Waals surface area contributed by atoms with E-state index in [-0.39, 0.29) is 23.7 Å². The van der Waals surface area contributed by atoms with Gasteiger partial charge in [-0.2, -0.15) is 0 Å². The maximum atomic E-state index is 13.6. The molecule has 7 heteroatoms. The Hall–Kier alpha value is -4.39. The van der Waals surface area contributed by atoms with Crippen LogP contribution in [0.25, 0.3) is 16.7 Å². The molecule has 4 aromatic rings. The van der Waals surface area contributed by atoms with Gasteiger partial charge in [0.1, 0.15) is 17.3 Å². The van der Waals surface area contributed by atoms with Crippen LogP contribution in [-0.2, 0) is 22.6 Å². The number of aliphatic hydroxyl groups is 1. The van der Waals surface area contributed by atoms with Crippen molar-refractivity contribution in [3.05, 3.63) is 106 Å². The molecule has 37 heavy (non-hydrogen) atoms. The van der Waals surface area contributed by atoms with E-state index in [4.69, 9.17) is 4.74 Å². The third-order valence-electron chi connectivity index (χ3n) is 7.20. The molecule has 6 nitrogen and oxygen atoms in total. The Balaban J connectivity index is 1.54. The number of H-pyrrole nitrogens is 1. The Morgan fingerprint density at radius 3 is 2.70 bits per heavy atom. The first-order valence-corrected chi connectivity index (χ1v) is 12.3. The van der Waals surface area contributed by atoms with E-state index in [0.717, 1.165) is 46.3 Å². The summed E-state index contributed by atoms with van der Waals surface area (Å²) in [6.07, 6.45) is 1.67. The summed E-state index contributed by atoms with van der Waals surface area (Å²) >= 11 is 0. The first kappa shape index (κ1) is 23.0. The van der Waals surface area contributed by atoms with Gasteiger partial charge < -0.3 is 19.7 Å². The van der Waals surface area contributed by atoms with Gasteiger partial charge >= 0.3 is 0 Å². The van der Waals surface area contributed by atoms with Gasteiger partial charge in [0, 0.05) is 34.3 Å². The number of fused-ring (bicyclic) bond motifs is 2. The number of likely N-dealkylation sites (tertiary alicyclic amines) is 1. The quantitative estimate of drug-likeness (QED) is 0.220. The number of halogens is 1. The standard InChI is InChI=1S/C30H25FN2O4/c1-17-25(22-6-2-3-7-23(22)32-17)27-26(28(34)20-10-13-24-19(15-20)5-4-14-37-24)29(35)30(36)33(27)16-18-8-11-21(31)12-9-18/h2-3,6-13,15,27,32,34H,4-5,14,16H2,1H3/b28-26+. The number of hydrogen-bond acceptors (Lipinski definition) is 4. The number of carbonyl (C=O) groups is 2. The van der Waals surface area contributed by atoms with E-state index < -0.39 is 17.7 Å². The average Bonchev–Trinajstić information content (AvgIpc) is 3.36. The summed E-state index contributed by atoms with van der Waals surface area (Å²) in [6.45, 7) is 2.62. The molecule has 186 valence electrons. The van der Waals surface area contributed by atoms with Crippen LogP contribution in [0.15, 0.2) is 72.3 Å². The molecule has 2 aliphatic rings. The van der Waals surface area contributed by atoms with Crippen molar-refractivity contribution in [3.8, 4) is 5.75 Å². The summed E-state index contributed by atoms with van der Waals surface area (Å²) in [5, 5.41) is 12.4. The molecule has 1 fully saturated rings. The number of nitrogens with zero attached hydrogens (tertiary/aromatic N) is 1. The number of aromatic amines is 1. The van der Waals surface area contributed by atoms with E-state index in [1.807, 2.05) is 37.3 Å². The Labute approximate surface area is 213 Å². The number of aryl methyl sites for hydroxylation is 2. The highest BCUT2D eigenvalue weighted by Crippen LogP contribution is 2.44. The highest BCUT2D eigenvalue weighted by molar-refractivity contribution is 6.46. The Morgan fingerprint density at radius 1 is 1.11 bits per heavy atom. The number of benzene rings is 3. The van der Waals surface area contributed by atoms with Gasteiger partial charge in [0.25, 0.3) is 11.7 Å². The number of carbonyl (C=O) groups excluding carboxylic acids is 2. The number of aromatic nitrogens is 1. The lowest BCUT2D eigenvalue weighted by molar-refractivity contribution is -0.140. The summed E-state index contributed by atoms with van der Waals surface area (Å²) in [7, 11) is 0. The summed E-state index contributed by atoms with van der Waals surface area (Å²) in [5.74, 6) is -1.29. The SMILES string of the molecule is Cc1[nH]c2ccccc2c1C1/C(=C(\O)c2ccc3c(c2)CCCO3)C(=O)C(=O)N1Cc1ccc(F)cc1. The predicted octanol–water partition coefficient (Wildman–Crippen LogP) is 5.56. The summed E-state index contributed by atoms with van der Waals surface area (Å²) in [6, 6.07) is 18.0. The second kappa shape index (κ2) is 8.92. The van der Waals surface area contributed by atoms with Crippen molar-refractivity contribution in [3.63, 3.8) is 0 Å². The van der Waals surface area contributed by atoms with E-state index in [2.05, 4.69) is 4.98 Å². The molecule has 0 aliphatic carbocycles. The van der Waals surface area contributed by atoms with Crippen molar-refractivity contribution < 1.29 is 23.8 Å². The zero-order chi connectivity index (χ0) is 25.7. The molecular formula is C30H25FN2O4. The molecule has 1 aromatic heterocycles. The van der Waals surface area contributed by atoms with Crippen molar-refractivity contribution in [1.29, 1.82) is 0 Å². The van der Waals surface area contributed by atoms with Gasteiger partial charge in [-0.15, -0.1) is 0 Å². The van der Waals surface area contributed by atoms with Crippen LogP contribution in [0.1, 0.15) is 40.4 Å². The van der Waals surface area contributed by atoms with Gasteiger partial charge in [0.15, 0.2) is 0 Å². The number of rotatable bonds is 4. The predicted molar refractivity (Wildman–Crippen MR) is 138 cm³/mol. The van der Waals surface area contributed by atoms with Crippen LogP contribution >= 0.6 is 0 Å². The number of amides is 1. The fourth-order valence-electron chi connectivity index (χ4n) is 5.44. The van der Waals surface area contributed by atoms with Crippen LogP contribution < -0.4 is 4.74 Å². The smallest absolute Gasteiger partial charge is 0.295 e. The Bertz CT molecular complexity index is 1590. The van der Waals surface area contributed by atoms with Crippen LogP contribution in [0, 0.1) is 12.7 Å². The Kier molecular flexibility index (Phi) is 5.56. The van der Waals surface area contributed by atoms with Crippen molar-refractivity contribution in [2.75, 3.05) is 6.61 Å². The minimum atomic E-state index is -0.825. The molecule has 1 amide bonds. The van der Waals surface area contributed by atoms with Crippen molar-refractivity contribution >= 4 is 28.4 Å². The monoisotopic (exact) mass is 496 g/mol. The van der Waals surface area contributed by atoms with Gasteiger partial charge in [-0.05, 0) is 67.3 Å². The summed E-state index contributed by atoms with van der Waals surface area (Å²) < 4.78 is 19.3. The molecule has 0 spiro atoms. The number of ketones is 1. The minimum absolute atomic E-state index is 0.0386. The van der Waals surface area contributed by atoms with Gasteiger partial charge in [0.05, 0.1) is 18.2 Å². The number of hydrogen-bond donors (Lipinski definition) is 2. The zero-order valence-electron chi connectivity index (χ0n) is 20.3. The Morgan fingerprint density at radius 2 is 1.89 bits per heavy atom. The van der Waals surface area contributed by atoms with E-state index in [1.165, 1.54) is 17.0 Å². The van der Waals surface area contributed by atoms with E-state index in [9.17, 15) is 19.1 Å². The average molecular weight is 497 g/mol. The maximum Gasteiger partial charge on any atom is 0.295 e. The topological polar surface area (TPSA) is 82.6 Å². The highest BCUT2D eigenvalue weighted by atomic mass is 19.1. The van der Waals surface area contributed by atoms with Crippen LogP contribution in [0.4, 0.5) is 4.39 Å². The number of nitrogens with one attached hydrogen (secondary N) is 1. The largest absolute Gasteiger partial charge is 0.507 e. The summed E-state index contributed by atoms with van der Waals surface area (Å²) in [5.41, 5.74) is 4.55. The van der Waals surface area contributed by atoms with E-state index in [1.54, 1.807) is 24.3 Å². The molecule has 1 atom stereocenters. The van der Waals surface area contributed by atoms with Gasteiger partial charge in [0.2, 0.25) is 0 Å². The molecular weight excluding hydrogens is 471 g/mol. The highest BCUT2D eigenvalue weighted by Gasteiger charge is 2.47. The lowest BCUT2D eigenvalue weighted by Crippen LogP contribution is -2.29. The maximum absolute atomic E-state index is 13.6. The first-order valence-electron chi connectivity index (χ1n) is 12.3. The number of Topliss-reactive ketones (excluding diaryl/α,β-unsaturated/α-hetero) is 1. The lowest BCUT2D eigenvalue weighted by Gasteiger charge is -2.26. The van der Waals surface area contributed by atoms with Gasteiger partial charge in [-0.3, -0.25) is 9.59 Å². The second-order valence-electron chi connectivity index (χ2n) is 9.54. The number of ether oxygens (including phenoxy) is 1. The minimum Gasteiger partial charge on any atom is -0.507 e. The third-order valence-corrected chi connectivity index (χ3v) is 7.20. The molecule has 6 rings (SSSR count). The van der Waals surface area contributed by atoms with Gasteiger partial charge in [-0.25, -0.2) is 4.39 Å². The fourth-order valence-corrected chi connectivity index (χ4v) is 5.44. The first-order chi connectivity index (χ1) is 17.9. The van der Waals surface area contributed by atoms with E-state index >= 15 is 0 Å². The van der Waals surface area contributed by atoms with Crippen LogP contribution in [-0.4, -0.2) is 33.3 Å². The van der Waals surface area contributed by atoms with Crippen molar-refractivity contribution in [2.45, 2.75) is 32.4 Å². The van der Waals surface area contributed by atoms with Crippen molar-refractivity contribution in [1.82, 2.24) is 9.88 Å². The molecule has 0 bridgehead atoms. The van der Waals surface area contributed by atoms with Crippen LogP contribution in [0.3, 0.4) is 0 Å². The lowest BCUT2D eigenvalue weighted by atomic mass is 9.92. The zero-order valence-corrected chi connectivity index (χ0v) is 20.3. The molecule has 0 saturated carbocycles. The summed E-state index contributed by atoms with van der Waals surface area (Å²) in [4.78, 5) is 31.8. The molecule has 2 N–H and O–H groups in total. The van der Waals surface area contributed by atoms with E-state index in [0.29, 0.717) is 17.7 Å². The molecule has 1 saturated heterocycles. The normalized spacial score (nSPS) is 18.8. The van der Waals surface area contributed by atoms with Crippen molar-refractivity contribution in [2.24, 2.45) is 0 Å². The van der Waals surface area contributed by atoms with Crippen LogP contribution in [0.5, 0.6) is 5.75 Å². The molecule has 0 radical (unpaired) electrons. The molecule has 2 aliphatic heterocycles.